The number of aliphatic hydroxyl groups is 1. The Hall–Kier alpha value is -0.110. The maximum Gasteiger partial charge on any atom is 0.196 e. The molecule has 0 heterocycles. The van der Waals surface area contributed by atoms with E-state index in [1.165, 1.54) is 83.5 Å². The molecule has 0 aromatic heterocycles. The SMILES string of the molecule is CCCCCCCCCCCCCCCCCC(O)F. The zero-order chi connectivity index (χ0) is 14.9. The topological polar surface area (TPSA) is 20.2 Å². The summed E-state index contributed by atoms with van der Waals surface area (Å²) in [5.74, 6) is 0. The van der Waals surface area contributed by atoms with Gasteiger partial charge in [0.25, 0.3) is 0 Å². The molecular formula is C18H37FO. The second-order valence-electron chi connectivity index (χ2n) is 6.17. The van der Waals surface area contributed by atoms with E-state index in [1.54, 1.807) is 0 Å². The lowest BCUT2D eigenvalue weighted by Gasteiger charge is -2.03. The Morgan fingerprint density at radius 2 is 0.900 bits per heavy atom. The summed E-state index contributed by atoms with van der Waals surface area (Å²) in [6.45, 7) is 2.27. The highest BCUT2D eigenvalue weighted by Crippen LogP contribution is 2.14. The second kappa shape index (κ2) is 16.9. The van der Waals surface area contributed by atoms with Crippen molar-refractivity contribution >= 4 is 0 Å². The molecule has 0 amide bonds. The summed E-state index contributed by atoms with van der Waals surface area (Å²) in [5, 5.41) is 8.49. The van der Waals surface area contributed by atoms with Crippen LogP contribution in [-0.4, -0.2) is 11.5 Å². The lowest BCUT2D eigenvalue weighted by molar-refractivity contribution is 0.0323. The minimum absolute atomic E-state index is 0.318. The van der Waals surface area contributed by atoms with Crippen molar-refractivity contribution in [1.29, 1.82) is 0 Å². The second-order valence-corrected chi connectivity index (χ2v) is 6.17. The van der Waals surface area contributed by atoms with Gasteiger partial charge in [-0.3, -0.25) is 0 Å². The van der Waals surface area contributed by atoms with Gasteiger partial charge in [-0.1, -0.05) is 96.8 Å². The quantitative estimate of drug-likeness (QED) is 0.320. The van der Waals surface area contributed by atoms with E-state index >= 15 is 0 Å². The first-order chi connectivity index (χ1) is 9.77. The predicted molar refractivity (Wildman–Crippen MR) is 86.7 cm³/mol. The van der Waals surface area contributed by atoms with Crippen LogP contribution in [0.4, 0.5) is 4.39 Å². The van der Waals surface area contributed by atoms with Crippen LogP contribution in [0.15, 0.2) is 0 Å². The van der Waals surface area contributed by atoms with Crippen molar-refractivity contribution in [2.45, 2.75) is 116 Å². The Morgan fingerprint density at radius 3 is 1.20 bits per heavy atom. The van der Waals surface area contributed by atoms with Gasteiger partial charge in [0.15, 0.2) is 6.36 Å². The van der Waals surface area contributed by atoms with Crippen molar-refractivity contribution in [3.8, 4) is 0 Å². The highest BCUT2D eigenvalue weighted by atomic mass is 19.1. The fraction of sp³-hybridized carbons (Fsp3) is 1.00. The van der Waals surface area contributed by atoms with Crippen LogP contribution in [0, 0.1) is 0 Å². The molecule has 0 aromatic carbocycles. The molecule has 1 nitrogen and oxygen atoms in total. The fourth-order valence-electron chi connectivity index (χ4n) is 2.68. The van der Waals surface area contributed by atoms with Crippen LogP contribution < -0.4 is 0 Å². The number of hydrogen-bond acceptors (Lipinski definition) is 1. The van der Waals surface area contributed by atoms with Crippen LogP contribution in [0.5, 0.6) is 0 Å². The van der Waals surface area contributed by atoms with E-state index in [1.807, 2.05) is 0 Å². The molecular weight excluding hydrogens is 251 g/mol. The molecule has 20 heavy (non-hydrogen) atoms. The molecule has 1 unspecified atom stereocenters. The van der Waals surface area contributed by atoms with Crippen LogP contribution in [0.1, 0.15) is 110 Å². The van der Waals surface area contributed by atoms with Crippen molar-refractivity contribution in [3.05, 3.63) is 0 Å². The Morgan fingerprint density at radius 1 is 0.600 bits per heavy atom. The normalized spacial score (nSPS) is 12.8. The molecule has 1 N–H and O–H groups in total. The van der Waals surface area contributed by atoms with Crippen LogP contribution in [0.25, 0.3) is 0 Å². The number of hydrogen-bond donors (Lipinski definition) is 1. The first-order valence-corrected chi connectivity index (χ1v) is 9.09. The molecule has 1 atom stereocenters. The number of aliphatic hydroxyl groups excluding tert-OH is 1. The summed E-state index contributed by atoms with van der Waals surface area (Å²) in [6.07, 6.45) is 18.5. The van der Waals surface area contributed by atoms with E-state index < -0.39 is 6.36 Å². The Bertz CT molecular complexity index is 171. The molecule has 0 aliphatic rings. The third-order valence-electron chi connectivity index (χ3n) is 4.05. The number of halogens is 1. The standard InChI is InChI=1S/C18H37FO/c1-2-3-4-5-6-7-8-9-10-11-12-13-14-15-16-17-18(19)20/h18,20H,2-17H2,1H3. The number of alkyl halides is 1. The van der Waals surface area contributed by atoms with E-state index in [4.69, 9.17) is 5.11 Å². The maximum absolute atomic E-state index is 12.1. The third kappa shape index (κ3) is 17.9. The van der Waals surface area contributed by atoms with Gasteiger partial charge in [0.05, 0.1) is 0 Å². The van der Waals surface area contributed by atoms with Crippen LogP contribution in [0.3, 0.4) is 0 Å². The fourth-order valence-corrected chi connectivity index (χ4v) is 2.68. The van der Waals surface area contributed by atoms with Crippen molar-refractivity contribution in [1.82, 2.24) is 0 Å². The summed E-state index contributed by atoms with van der Waals surface area (Å²) in [5.41, 5.74) is 0. The molecule has 0 saturated heterocycles. The molecule has 0 radical (unpaired) electrons. The molecule has 0 fully saturated rings. The largest absolute Gasteiger partial charge is 0.364 e. The molecule has 0 aliphatic heterocycles. The summed E-state index contributed by atoms with van der Waals surface area (Å²) in [7, 11) is 0. The monoisotopic (exact) mass is 288 g/mol. The molecule has 0 aromatic rings. The van der Waals surface area contributed by atoms with Gasteiger partial charge in [-0.05, 0) is 6.42 Å². The maximum atomic E-state index is 12.1. The minimum atomic E-state index is -1.60. The van der Waals surface area contributed by atoms with Gasteiger partial charge in [-0.15, -0.1) is 0 Å². The lowest BCUT2D eigenvalue weighted by atomic mass is 10.0. The van der Waals surface area contributed by atoms with E-state index in [2.05, 4.69) is 6.92 Å². The van der Waals surface area contributed by atoms with Gasteiger partial charge in [0.1, 0.15) is 0 Å². The molecule has 2 heteroatoms. The van der Waals surface area contributed by atoms with E-state index in [-0.39, 0.29) is 0 Å². The van der Waals surface area contributed by atoms with Gasteiger partial charge >= 0.3 is 0 Å². The van der Waals surface area contributed by atoms with Crippen LogP contribution in [-0.2, 0) is 0 Å². The molecule has 0 rings (SSSR count). The average molecular weight is 288 g/mol. The number of rotatable bonds is 16. The summed E-state index contributed by atoms with van der Waals surface area (Å²) in [6, 6.07) is 0. The van der Waals surface area contributed by atoms with Crippen molar-refractivity contribution in [2.75, 3.05) is 0 Å². The van der Waals surface area contributed by atoms with Gasteiger partial charge in [0.2, 0.25) is 0 Å². The lowest BCUT2D eigenvalue weighted by Crippen LogP contribution is -1.95. The molecule has 0 spiro atoms. The van der Waals surface area contributed by atoms with Gasteiger partial charge in [-0.2, -0.15) is 0 Å². The van der Waals surface area contributed by atoms with E-state index in [0.29, 0.717) is 6.42 Å². The predicted octanol–water partition coefficient (Wildman–Crippen LogP) is 6.54. The summed E-state index contributed by atoms with van der Waals surface area (Å²) >= 11 is 0. The zero-order valence-corrected chi connectivity index (χ0v) is 13.7. The van der Waals surface area contributed by atoms with Gasteiger partial charge in [0, 0.05) is 6.42 Å². The van der Waals surface area contributed by atoms with Crippen LogP contribution in [0.2, 0.25) is 0 Å². The molecule has 0 bridgehead atoms. The minimum Gasteiger partial charge on any atom is -0.364 e. The average Bonchev–Trinajstić information content (AvgIpc) is 2.43. The van der Waals surface area contributed by atoms with Gasteiger partial charge in [-0.25, -0.2) is 4.39 Å². The zero-order valence-electron chi connectivity index (χ0n) is 13.7. The number of unbranched alkanes of at least 4 members (excludes halogenated alkanes) is 14. The Balaban J connectivity index is 2.92. The smallest absolute Gasteiger partial charge is 0.196 e. The Labute approximate surface area is 126 Å². The Kier molecular flexibility index (Phi) is 16.8. The summed E-state index contributed by atoms with van der Waals surface area (Å²) < 4.78 is 12.1. The highest BCUT2D eigenvalue weighted by Gasteiger charge is 1.98. The summed E-state index contributed by atoms with van der Waals surface area (Å²) in [4.78, 5) is 0. The highest BCUT2D eigenvalue weighted by molar-refractivity contribution is 4.50. The van der Waals surface area contributed by atoms with Crippen molar-refractivity contribution in [3.63, 3.8) is 0 Å². The van der Waals surface area contributed by atoms with Crippen LogP contribution >= 0.6 is 0 Å². The molecule has 122 valence electrons. The van der Waals surface area contributed by atoms with E-state index in [0.717, 1.165) is 12.8 Å². The third-order valence-corrected chi connectivity index (χ3v) is 4.05. The van der Waals surface area contributed by atoms with Crippen molar-refractivity contribution in [2.24, 2.45) is 0 Å². The van der Waals surface area contributed by atoms with Crippen molar-refractivity contribution < 1.29 is 9.50 Å². The van der Waals surface area contributed by atoms with Gasteiger partial charge < -0.3 is 5.11 Å². The first kappa shape index (κ1) is 19.9. The molecule has 0 saturated carbocycles. The molecule has 0 aliphatic carbocycles. The first-order valence-electron chi connectivity index (χ1n) is 9.09. The van der Waals surface area contributed by atoms with E-state index in [9.17, 15) is 4.39 Å².